The molecule has 0 bridgehead atoms. The molecule has 5 nitrogen and oxygen atoms in total. The molecular weight excluding hydrogens is 370 g/mol. The average molecular weight is 385 g/mol. The van der Waals surface area contributed by atoms with Gasteiger partial charge in [-0.15, -0.1) is 11.3 Å². The Labute approximate surface area is 164 Å². The maximum Gasteiger partial charge on any atom is 0.335 e. The molecule has 0 spiro atoms. The topological polar surface area (TPSA) is 78.0 Å². The van der Waals surface area contributed by atoms with E-state index in [9.17, 15) is 4.79 Å². The summed E-state index contributed by atoms with van der Waals surface area (Å²) >= 11 is 1.64. The minimum Gasteiger partial charge on any atom is -0.478 e. The van der Waals surface area contributed by atoms with Crippen molar-refractivity contribution in [2.24, 2.45) is 0 Å². The molecule has 0 aliphatic carbocycles. The quantitative estimate of drug-likeness (QED) is 0.361. The van der Waals surface area contributed by atoms with Crippen molar-refractivity contribution < 1.29 is 9.90 Å². The van der Waals surface area contributed by atoms with E-state index in [-0.39, 0.29) is 5.56 Å². The number of nitrogens with zero attached hydrogens (tertiary/aromatic N) is 1. The summed E-state index contributed by atoms with van der Waals surface area (Å²) < 4.78 is 1.06. The molecule has 3 heterocycles. The molecule has 0 amide bonds. The molecule has 0 aliphatic heterocycles. The Kier molecular flexibility index (Phi) is 3.84. The lowest BCUT2D eigenvalue weighted by atomic mass is 10.1. The van der Waals surface area contributed by atoms with Crippen molar-refractivity contribution in [1.82, 2.24) is 9.97 Å². The number of hydrogen-bond acceptors (Lipinski definition) is 4. The molecule has 28 heavy (non-hydrogen) atoms. The lowest BCUT2D eigenvalue weighted by Gasteiger charge is -2.07. The molecule has 0 fully saturated rings. The SMILES string of the molecule is O=C(O)c1ccc(-c2cc3nccc(Nc4ccc5[nH]ccc5c4)c3s2)cc1. The van der Waals surface area contributed by atoms with E-state index in [2.05, 4.69) is 27.4 Å². The first-order valence-corrected chi connectivity index (χ1v) is 9.55. The van der Waals surface area contributed by atoms with Crippen LogP contribution in [-0.2, 0) is 0 Å². The summed E-state index contributed by atoms with van der Waals surface area (Å²) in [6.45, 7) is 0. The first kappa shape index (κ1) is 16.5. The highest BCUT2D eigenvalue weighted by atomic mass is 32.1. The minimum atomic E-state index is -0.921. The van der Waals surface area contributed by atoms with Gasteiger partial charge in [0.15, 0.2) is 0 Å². The van der Waals surface area contributed by atoms with E-state index in [0.29, 0.717) is 0 Å². The number of benzene rings is 2. The molecule has 0 saturated carbocycles. The number of carbonyl (C=O) groups is 1. The maximum atomic E-state index is 11.1. The molecule has 0 atom stereocenters. The van der Waals surface area contributed by atoms with Gasteiger partial charge in [-0.1, -0.05) is 12.1 Å². The average Bonchev–Trinajstić information content (AvgIpc) is 3.35. The van der Waals surface area contributed by atoms with Crippen molar-refractivity contribution in [2.45, 2.75) is 0 Å². The van der Waals surface area contributed by atoms with Gasteiger partial charge < -0.3 is 15.4 Å². The number of carboxylic acids is 1. The number of fused-ring (bicyclic) bond motifs is 2. The Morgan fingerprint density at radius 1 is 1.04 bits per heavy atom. The predicted octanol–water partition coefficient (Wildman–Crippen LogP) is 5.89. The van der Waals surface area contributed by atoms with Gasteiger partial charge in [0.05, 0.1) is 21.5 Å². The van der Waals surface area contributed by atoms with E-state index in [1.165, 1.54) is 0 Å². The van der Waals surface area contributed by atoms with Crippen LogP contribution in [0.25, 0.3) is 31.6 Å². The highest BCUT2D eigenvalue weighted by Gasteiger charge is 2.11. The Balaban J connectivity index is 1.52. The van der Waals surface area contributed by atoms with Crippen LogP contribution in [0.4, 0.5) is 11.4 Å². The third-order valence-electron chi connectivity index (χ3n) is 4.66. The van der Waals surface area contributed by atoms with Gasteiger partial charge in [-0.05, 0) is 54.1 Å². The summed E-state index contributed by atoms with van der Waals surface area (Å²) in [5.74, 6) is -0.921. The molecular formula is C22H15N3O2S. The molecule has 0 radical (unpaired) electrons. The number of H-pyrrole nitrogens is 1. The van der Waals surface area contributed by atoms with Crippen molar-refractivity contribution in [3.05, 3.63) is 78.6 Å². The van der Waals surface area contributed by atoms with Gasteiger partial charge in [0.2, 0.25) is 0 Å². The van der Waals surface area contributed by atoms with Crippen molar-refractivity contribution >= 4 is 49.8 Å². The summed E-state index contributed by atoms with van der Waals surface area (Å²) in [5.41, 5.74) is 5.29. The number of thiophene rings is 1. The molecule has 0 unspecified atom stereocenters. The number of aromatic amines is 1. The fraction of sp³-hybridized carbons (Fsp3) is 0. The van der Waals surface area contributed by atoms with Gasteiger partial charge in [0, 0.05) is 33.9 Å². The van der Waals surface area contributed by atoms with E-state index in [1.54, 1.807) is 29.7 Å². The molecule has 3 aromatic heterocycles. The van der Waals surface area contributed by atoms with Crippen LogP contribution in [0.15, 0.2) is 73.1 Å². The van der Waals surface area contributed by atoms with Crippen LogP contribution in [-0.4, -0.2) is 21.0 Å². The van der Waals surface area contributed by atoms with Crippen LogP contribution < -0.4 is 5.32 Å². The highest BCUT2D eigenvalue weighted by Crippen LogP contribution is 2.37. The van der Waals surface area contributed by atoms with E-state index in [0.717, 1.165) is 42.9 Å². The zero-order valence-corrected chi connectivity index (χ0v) is 15.5. The van der Waals surface area contributed by atoms with E-state index in [4.69, 9.17) is 5.11 Å². The number of hydrogen-bond donors (Lipinski definition) is 3. The summed E-state index contributed by atoms with van der Waals surface area (Å²) in [7, 11) is 0. The molecule has 136 valence electrons. The number of aromatic nitrogens is 2. The lowest BCUT2D eigenvalue weighted by molar-refractivity contribution is 0.0697. The van der Waals surface area contributed by atoms with Crippen molar-refractivity contribution in [3.63, 3.8) is 0 Å². The van der Waals surface area contributed by atoms with E-state index in [1.807, 2.05) is 42.6 Å². The third-order valence-corrected chi connectivity index (χ3v) is 5.87. The van der Waals surface area contributed by atoms with Crippen molar-refractivity contribution in [3.8, 4) is 10.4 Å². The summed E-state index contributed by atoms with van der Waals surface area (Å²) in [6, 6.07) is 19.2. The monoisotopic (exact) mass is 385 g/mol. The van der Waals surface area contributed by atoms with Gasteiger partial charge in [-0.25, -0.2) is 4.79 Å². The number of carboxylic acid groups (broad SMARTS) is 1. The summed E-state index contributed by atoms with van der Waals surface area (Å²) in [4.78, 5) is 19.8. The number of rotatable bonds is 4. The van der Waals surface area contributed by atoms with Crippen LogP contribution in [0.5, 0.6) is 0 Å². The fourth-order valence-corrected chi connectivity index (χ4v) is 4.33. The number of aromatic carboxylic acids is 1. The van der Waals surface area contributed by atoms with Gasteiger partial charge >= 0.3 is 5.97 Å². The zero-order valence-electron chi connectivity index (χ0n) is 14.6. The second-order valence-electron chi connectivity index (χ2n) is 6.47. The van der Waals surface area contributed by atoms with Crippen LogP contribution >= 0.6 is 11.3 Å². The first-order valence-electron chi connectivity index (χ1n) is 8.74. The van der Waals surface area contributed by atoms with Gasteiger partial charge in [-0.2, -0.15) is 0 Å². The van der Waals surface area contributed by atoms with Gasteiger partial charge in [0.1, 0.15) is 0 Å². The van der Waals surface area contributed by atoms with Crippen molar-refractivity contribution in [1.29, 1.82) is 0 Å². The zero-order chi connectivity index (χ0) is 19.1. The number of nitrogens with one attached hydrogen (secondary N) is 2. The second kappa shape index (κ2) is 6.51. The molecule has 0 saturated heterocycles. The number of anilines is 2. The van der Waals surface area contributed by atoms with Crippen molar-refractivity contribution in [2.75, 3.05) is 5.32 Å². The molecule has 5 rings (SSSR count). The first-order chi connectivity index (χ1) is 13.7. The summed E-state index contributed by atoms with van der Waals surface area (Å²) in [6.07, 6.45) is 3.73. The lowest BCUT2D eigenvalue weighted by Crippen LogP contribution is -1.94. The second-order valence-corrected chi connectivity index (χ2v) is 7.52. The van der Waals surface area contributed by atoms with Crippen LogP contribution in [0.2, 0.25) is 0 Å². The van der Waals surface area contributed by atoms with Crippen LogP contribution in [0.1, 0.15) is 10.4 Å². The predicted molar refractivity (Wildman–Crippen MR) is 114 cm³/mol. The molecule has 0 aliphatic rings. The molecule has 2 aromatic carbocycles. The normalized spacial score (nSPS) is 11.1. The largest absolute Gasteiger partial charge is 0.478 e. The standard InChI is InChI=1S/C22H15N3O2S/c26-22(27)14-3-1-13(2-4-14)20-12-19-21(28-20)18(8-10-24-19)25-16-5-6-17-15(11-16)7-9-23-17/h1-12,23H,(H,24,25)(H,26,27). The van der Waals surface area contributed by atoms with E-state index >= 15 is 0 Å². The highest BCUT2D eigenvalue weighted by molar-refractivity contribution is 7.22. The van der Waals surface area contributed by atoms with E-state index < -0.39 is 5.97 Å². The van der Waals surface area contributed by atoms with Gasteiger partial charge in [0.25, 0.3) is 0 Å². The molecule has 5 aromatic rings. The Bertz CT molecular complexity index is 1320. The maximum absolute atomic E-state index is 11.1. The Morgan fingerprint density at radius 3 is 2.71 bits per heavy atom. The molecule has 3 N–H and O–H groups in total. The Morgan fingerprint density at radius 2 is 1.89 bits per heavy atom. The van der Waals surface area contributed by atoms with Crippen LogP contribution in [0, 0.1) is 0 Å². The Hall–Kier alpha value is -3.64. The van der Waals surface area contributed by atoms with Gasteiger partial charge in [-0.3, -0.25) is 4.98 Å². The smallest absolute Gasteiger partial charge is 0.335 e. The summed E-state index contributed by atoms with van der Waals surface area (Å²) in [5, 5.41) is 13.7. The fourth-order valence-electron chi connectivity index (χ4n) is 3.24. The number of pyridine rings is 1. The third kappa shape index (κ3) is 2.90. The van der Waals surface area contributed by atoms with Crippen LogP contribution in [0.3, 0.4) is 0 Å². The molecule has 6 heteroatoms. The minimum absolute atomic E-state index is 0.283.